The highest BCUT2D eigenvalue weighted by Gasteiger charge is 2.12. The molecule has 2 amide bonds. The molecule has 2 N–H and O–H groups in total. The first-order valence-electron chi connectivity index (χ1n) is 5.89. The molecule has 0 spiro atoms. The molecular formula is C13H19BrN2O2. The van der Waals surface area contributed by atoms with Crippen LogP contribution < -0.4 is 15.4 Å². The second kappa shape index (κ2) is 6.64. The molecule has 0 saturated heterocycles. The predicted octanol–water partition coefficient (Wildman–Crippen LogP) is 3.69. The molecule has 4 nitrogen and oxygen atoms in total. The second-order valence-electron chi connectivity index (χ2n) is 4.21. The minimum atomic E-state index is -0.215. The Morgan fingerprint density at radius 3 is 2.72 bits per heavy atom. The van der Waals surface area contributed by atoms with E-state index >= 15 is 0 Å². The standard InChI is InChI=1S/C13H19BrN2O2/c1-5-9(3)15-13(17)16-12-8(2)6-10(14)7-11(12)18-4/h6-7,9H,5H2,1-4H3,(H2,15,16,17). The Balaban J connectivity index is 2.87. The van der Waals surface area contributed by atoms with E-state index in [2.05, 4.69) is 26.6 Å². The zero-order chi connectivity index (χ0) is 13.7. The van der Waals surface area contributed by atoms with Crippen LogP contribution in [-0.4, -0.2) is 19.2 Å². The van der Waals surface area contributed by atoms with E-state index in [-0.39, 0.29) is 12.1 Å². The van der Waals surface area contributed by atoms with Crippen molar-refractivity contribution in [3.63, 3.8) is 0 Å². The average Bonchev–Trinajstić information content (AvgIpc) is 2.31. The Hall–Kier alpha value is -1.23. The normalized spacial score (nSPS) is 11.8. The number of benzene rings is 1. The molecule has 1 atom stereocenters. The largest absolute Gasteiger partial charge is 0.495 e. The number of hydrogen-bond acceptors (Lipinski definition) is 2. The molecule has 1 unspecified atom stereocenters. The van der Waals surface area contributed by atoms with E-state index in [4.69, 9.17) is 4.74 Å². The van der Waals surface area contributed by atoms with Gasteiger partial charge in [0.1, 0.15) is 5.75 Å². The number of nitrogens with one attached hydrogen (secondary N) is 2. The summed E-state index contributed by atoms with van der Waals surface area (Å²) in [5, 5.41) is 5.68. The maximum Gasteiger partial charge on any atom is 0.319 e. The van der Waals surface area contributed by atoms with Crippen LogP contribution in [0.3, 0.4) is 0 Å². The van der Waals surface area contributed by atoms with Gasteiger partial charge in [0.05, 0.1) is 12.8 Å². The molecule has 0 saturated carbocycles. The number of urea groups is 1. The summed E-state index contributed by atoms with van der Waals surface area (Å²) in [7, 11) is 1.58. The molecule has 18 heavy (non-hydrogen) atoms. The summed E-state index contributed by atoms with van der Waals surface area (Å²) >= 11 is 3.40. The third-order valence-corrected chi connectivity index (χ3v) is 3.17. The summed E-state index contributed by atoms with van der Waals surface area (Å²) in [6.45, 7) is 5.91. The van der Waals surface area contributed by atoms with E-state index in [1.54, 1.807) is 7.11 Å². The van der Waals surface area contributed by atoms with Crippen LogP contribution in [0.2, 0.25) is 0 Å². The number of ether oxygens (including phenoxy) is 1. The third kappa shape index (κ3) is 3.91. The van der Waals surface area contributed by atoms with Crippen molar-refractivity contribution in [1.29, 1.82) is 0 Å². The highest BCUT2D eigenvalue weighted by molar-refractivity contribution is 9.10. The van der Waals surface area contributed by atoms with Crippen molar-refractivity contribution in [2.24, 2.45) is 0 Å². The molecule has 5 heteroatoms. The summed E-state index contributed by atoms with van der Waals surface area (Å²) in [6, 6.07) is 3.69. The number of halogens is 1. The molecule has 0 aliphatic heterocycles. The number of methoxy groups -OCH3 is 1. The SMILES string of the molecule is CCC(C)NC(=O)Nc1c(C)cc(Br)cc1OC. The molecule has 1 aromatic carbocycles. The molecule has 0 aliphatic carbocycles. The molecule has 100 valence electrons. The van der Waals surface area contributed by atoms with Crippen LogP contribution in [0.25, 0.3) is 0 Å². The van der Waals surface area contributed by atoms with Crippen LogP contribution >= 0.6 is 15.9 Å². The van der Waals surface area contributed by atoms with Crippen LogP contribution in [0.15, 0.2) is 16.6 Å². The quantitative estimate of drug-likeness (QED) is 0.890. The first-order chi connectivity index (χ1) is 8.47. The Labute approximate surface area is 116 Å². The lowest BCUT2D eigenvalue weighted by Gasteiger charge is -2.16. The molecule has 1 aromatic rings. The molecule has 0 aromatic heterocycles. The number of anilines is 1. The number of rotatable bonds is 4. The number of aryl methyl sites for hydroxylation is 1. The molecule has 0 heterocycles. The first kappa shape index (κ1) is 14.8. The van der Waals surface area contributed by atoms with E-state index in [0.717, 1.165) is 16.5 Å². The van der Waals surface area contributed by atoms with E-state index in [9.17, 15) is 4.79 Å². The molecule has 0 aliphatic rings. The zero-order valence-corrected chi connectivity index (χ0v) is 12.7. The highest BCUT2D eigenvalue weighted by Crippen LogP contribution is 2.31. The number of hydrogen-bond donors (Lipinski definition) is 2. The lowest BCUT2D eigenvalue weighted by Crippen LogP contribution is -2.35. The van der Waals surface area contributed by atoms with Crippen molar-refractivity contribution in [1.82, 2.24) is 5.32 Å². The summed E-state index contributed by atoms with van der Waals surface area (Å²) in [6.07, 6.45) is 0.893. The Morgan fingerprint density at radius 1 is 1.50 bits per heavy atom. The number of carbonyl (C=O) groups is 1. The molecule has 0 radical (unpaired) electrons. The maximum atomic E-state index is 11.8. The van der Waals surface area contributed by atoms with Gasteiger partial charge in [0.15, 0.2) is 0 Å². The Morgan fingerprint density at radius 2 is 2.17 bits per heavy atom. The summed E-state index contributed by atoms with van der Waals surface area (Å²) in [5.74, 6) is 0.640. The van der Waals surface area contributed by atoms with Crippen LogP contribution in [0.1, 0.15) is 25.8 Å². The van der Waals surface area contributed by atoms with Gasteiger partial charge in [0.25, 0.3) is 0 Å². The minimum absolute atomic E-state index is 0.145. The van der Waals surface area contributed by atoms with E-state index < -0.39 is 0 Å². The van der Waals surface area contributed by atoms with Gasteiger partial charge in [-0.1, -0.05) is 22.9 Å². The molecular weight excluding hydrogens is 296 g/mol. The topological polar surface area (TPSA) is 50.4 Å². The predicted molar refractivity (Wildman–Crippen MR) is 77.3 cm³/mol. The Kier molecular flexibility index (Phi) is 5.47. The minimum Gasteiger partial charge on any atom is -0.495 e. The van der Waals surface area contributed by atoms with Crippen LogP contribution in [0.5, 0.6) is 5.75 Å². The lowest BCUT2D eigenvalue weighted by atomic mass is 10.2. The van der Waals surface area contributed by atoms with Crippen LogP contribution in [0, 0.1) is 6.92 Å². The fraction of sp³-hybridized carbons (Fsp3) is 0.462. The Bertz CT molecular complexity index is 435. The molecule has 0 bridgehead atoms. The van der Waals surface area contributed by atoms with Crippen molar-refractivity contribution in [3.05, 3.63) is 22.2 Å². The highest BCUT2D eigenvalue weighted by atomic mass is 79.9. The van der Waals surface area contributed by atoms with E-state index in [1.165, 1.54) is 0 Å². The monoisotopic (exact) mass is 314 g/mol. The van der Waals surface area contributed by atoms with Crippen molar-refractivity contribution in [2.45, 2.75) is 33.2 Å². The van der Waals surface area contributed by atoms with Gasteiger partial charge in [-0.2, -0.15) is 0 Å². The lowest BCUT2D eigenvalue weighted by molar-refractivity contribution is 0.249. The second-order valence-corrected chi connectivity index (χ2v) is 5.12. The first-order valence-corrected chi connectivity index (χ1v) is 6.68. The van der Waals surface area contributed by atoms with Crippen molar-refractivity contribution in [3.8, 4) is 5.75 Å². The number of carbonyl (C=O) groups excluding carboxylic acids is 1. The van der Waals surface area contributed by atoms with Crippen LogP contribution in [0.4, 0.5) is 10.5 Å². The van der Waals surface area contributed by atoms with Crippen LogP contribution in [-0.2, 0) is 0 Å². The third-order valence-electron chi connectivity index (χ3n) is 2.71. The molecule has 1 rings (SSSR count). The number of amides is 2. The zero-order valence-electron chi connectivity index (χ0n) is 11.1. The van der Waals surface area contributed by atoms with Crippen molar-refractivity contribution >= 4 is 27.6 Å². The van der Waals surface area contributed by atoms with Crippen molar-refractivity contribution < 1.29 is 9.53 Å². The van der Waals surface area contributed by atoms with Gasteiger partial charge in [-0.05, 0) is 38.0 Å². The van der Waals surface area contributed by atoms with Gasteiger partial charge < -0.3 is 15.4 Å². The van der Waals surface area contributed by atoms with E-state index in [0.29, 0.717) is 11.4 Å². The fourth-order valence-electron chi connectivity index (χ4n) is 1.51. The summed E-state index contributed by atoms with van der Waals surface area (Å²) in [4.78, 5) is 11.8. The van der Waals surface area contributed by atoms with Gasteiger partial charge in [-0.3, -0.25) is 0 Å². The van der Waals surface area contributed by atoms with Gasteiger partial charge in [0.2, 0.25) is 0 Å². The van der Waals surface area contributed by atoms with Gasteiger partial charge in [-0.25, -0.2) is 4.79 Å². The van der Waals surface area contributed by atoms with Gasteiger partial charge in [-0.15, -0.1) is 0 Å². The fourth-order valence-corrected chi connectivity index (χ4v) is 2.06. The van der Waals surface area contributed by atoms with Crippen molar-refractivity contribution in [2.75, 3.05) is 12.4 Å². The summed E-state index contributed by atoms with van der Waals surface area (Å²) in [5.41, 5.74) is 1.64. The van der Waals surface area contributed by atoms with E-state index in [1.807, 2.05) is 32.9 Å². The average molecular weight is 315 g/mol. The van der Waals surface area contributed by atoms with Gasteiger partial charge >= 0.3 is 6.03 Å². The smallest absolute Gasteiger partial charge is 0.319 e. The van der Waals surface area contributed by atoms with Gasteiger partial charge in [0, 0.05) is 10.5 Å². The molecule has 0 fully saturated rings. The summed E-state index contributed by atoms with van der Waals surface area (Å²) < 4.78 is 6.19. The maximum absolute atomic E-state index is 11.8.